The number of ether oxygens (including phenoxy) is 1. The lowest BCUT2D eigenvalue weighted by Crippen LogP contribution is -2.17. The monoisotopic (exact) mass is 476 g/mol. The normalized spacial score (nSPS) is 13.9. The van der Waals surface area contributed by atoms with Crippen LogP contribution in [0, 0.1) is 0 Å². The Kier molecular flexibility index (Phi) is 5.39. The molecule has 1 aliphatic rings. The lowest BCUT2D eigenvalue weighted by molar-refractivity contribution is 0.286. The average molecular weight is 478 g/mol. The van der Waals surface area contributed by atoms with Gasteiger partial charge in [0.2, 0.25) is 5.88 Å². The molecule has 0 unspecified atom stereocenters. The molecule has 28 heavy (non-hydrogen) atoms. The van der Waals surface area contributed by atoms with Crippen LogP contribution in [0.25, 0.3) is 11.6 Å². The summed E-state index contributed by atoms with van der Waals surface area (Å²) < 4.78 is 7.85. The SMILES string of the molecule is O=c1sc(/C=C2/C=Nc3ccc(Br)cc32)c(O)n1CCOc1ccccc1Cl. The fourth-order valence-electron chi connectivity index (χ4n) is 2.83. The van der Waals surface area contributed by atoms with E-state index in [-0.39, 0.29) is 23.9 Å². The van der Waals surface area contributed by atoms with Gasteiger partial charge in [0.15, 0.2) is 0 Å². The van der Waals surface area contributed by atoms with Crippen LogP contribution >= 0.6 is 38.9 Å². The second-order valence-electron chi connectivity index (χ2n) is 6.01. The second kappa shape index (κ2) is 7.95. The Labute approximate surface area is 178 Å². The zero-order chi connectivity index (χ0) is 19.7. The molecule has 0 radical (unpaired) electrons. The number of benzene rings is 2. The topological polar surface area (TPSA) is 63.8 Å². The number of aromatic hydroxyl groups is 1. The third kappa shape index (κ3) is 3.78. The first-order chi connectivity index (χ1) is 13.5. The summed E-state index contributed by atoms with van der Waals surface area (Å²) in [6.45, 7) is 0.424. The number of rotatable bonds is 5. The summed E-state index contributed by atoms with van der Waals surface area (Å²) in [7, 11) is 0. The van der Waals surface area contributed by atoms with Gasteiger partial charge < -0.3 is 9.84 Å². The van der Waals surface area contributed by atoms with Crippen LogP contribution in [0.5, 0.6) is 11.6 Å². The lowest BCUT2D eigenvalue weighted by atomic mass is 10.1. The molecule has 0 spiro atoms. The zero-order valence-corrected chi connectivity index (χ0v) is 17.6. The van der Waals surface area contributed by atoms with Gasteiger partial charge in [0, 0.05) is 21.8 Å². The number of para-hydroxylation sites is 1. The second-order valence-corrected chi connectivity index (χ2v) is 8.32. The summed E-state index contributed by atoms with van der Waals surface area (Å²) in [4.78, 5) is 16.9. The molecule has 0 atom stereocenters. The van der Waals surface area contributed by atoms with Gasteiger partial charge in [0.05, 0.1) is 22.1 Å². The van der Waals surface area contributed by atoms with Crippen LogP contribution in [0.2, 0.25) is 5.02 Å². The van der Waals surface area contributed by atoms with E-state index in [0.29, 0.717) is 15.6 Å². The number of halogens is 2. The van der Waals surface area contributed by atoms with E-state index in [2.05, 4.69) is 20.9 Å². The van der Waals surface area contributed by atoms with Crippen LogP contribution in [0.4, 0.5) is 5.69 Å². The van der Waals surface area contributed by atoms with Gasteiger partial charge in [-0.1, -0.05) is 51.0 Å². The number of aliphatic imine (C=N–C) groups is 1. The number of allylic oxidation sites excluding steroid dienone is 1. The fourth-order valence-corrected chi connectivity index (χ4v) is 4.25. The van der Waals surface area contributed by atoms with Crippen molar-refractivity contribution in [2.45, 2.75) is 6.54 Å². The largest absolute Gasteiger partial charge is 0.493 e. The highest BCUT2D eigenvalue weighted by molar-refractivity contribution is 9.10. The summed E-state index contributed by atoms with van der Waals surface area (Å²) in [5, 5.41) is 11.0. The fraction of sp³-hybridized carbons (Fsp3) is 0.100. The van der Waals surface area contributed by atoms with E-state index < -0.39 is 0 Å². The number of aromatic nitrogens is 1. The van der Waals surface area contributed by atoms with Gasteiger partial charge >= 0.3 is 4.87 Å². The minimum absolute atomic E-state index is 0.0814. The van der Waals surface area contributed by atoms with Crippen LogP contribution < -0.4 is 9.61 Å². The summed E-state index contributed by atoms with van der Waals surface area (Å²) in [5.74, 6) is 0.459. The quantitative estimate of drug-likeness (QED) is 0.537. The molecule has 0 aliphatic carbocycles. The molecule has 0 fully saturated rings. The number of hydrogen-bond acceptors (Lipinski definition) is 5. The molecule has 4 rings (SSSR count). The molecule has 0 amide bonds. The van der Waals surface area contributed by atoms with Crippen molar-refractivity contribution < 1.29 is 9.84 Å². The van der Waals surface area contributed by atoms with E-state index in [9.17, 15) is 9.90 Å². The maximum absolute atomic E-state index is 12.3. The van der Waals surface area contributed by atoms with Gasteiger partial charge in [-0.2, -0.15) is 0 Å². The summed E-state index contributed by atoms with van der Waals surface area (Å²) in [6.07, 6.45) is 3.50. The van der Waals surface area contributed by atoms with Gasteiger partial charge in [-0.25, -0.2) is 0 Å². The van der Waals surface area contributed by atoms with Gasteiger partial charge in [0.25, 0.3) is 0 Å². The first-order valence-corrected chi connectivity index (χ1v) is 10.4. The van der Waals surface area contributed by atoms with Crippen molar-refractivity contribution in [1.82, 2.24) is 4.57 Å². The Bertz CT molecular complexity index is 1170. The molecular weight excluding hydrogens is 464 g/mol. The standard InChI is InChI=1S/C20H14BrClN2O3S/c21-13-5-6-16-14(10-13)12(11-23-16)9-18-19(25)24(20(26)28-18)7-8-27-17-4-2-1-3-15(17)22/h1-6,9-11,25H,7-8H2/b12-9-. The van der Waals surface area contributed by atoms with Gasteiger partial charge in [-0.3, -0.25) is 14.4 Å². The van der Waals surface area contributed by atoms with E-state index in [0.717, 1.165) is 32.6 Å². The Hall–Kier alpha value is -2.35. The predicted octanol–water partition coefficient (Wildman–Crippen LogP) is 5.37. The molecular formula is C20H14BrClN2O3S. The molecule has 0 saturated carbocycles. The smallest absolute Gasteiger partial charge is 0.310 e. The van der Waals surface area contributed by atoms with E-state index in [1.54, 1.807) is 24.4 Å². The maximum Gasteiger partial charge on any atom is 0.310 e. The van der Waals surface area contributed by atoms with E-state index in [4.69, 9.17) is 16.3 Å². The van der Waals surface area contributed by atoms with Crippen molar-refractivity contribution in [3.05, 3.63) is 72.1 Å². The zero-order valence-electron chi connectivity index (χ0n) is 14.4. The summed E-state index contributed by atoms with van der Waals surface area (Å²) in [6, 6.07) is 12.9. The third-order valence-electron chi connectivity index (χ3n) is 4.20. The van der Waals surface area contributed by atoms with Crippen LogP contribution in [-0.2, 0) is 6.54 Å². The van der Waals surface area contributed by atoms with Crippen molar-refractivity contribution in [1.29, 1.82) is 0 Å². The Morgan fingerprint density at radius 2 is 2.11 bits per heavy atom. The molecule has 1 aromatic heterocycles. The van der Waals surface area contributed by atoms with Crippen molar-refractivity contribution in [3.8, 4) is 11.6 Å². The molecule has 0 saturated heterocycles. The molecule has 2 aromatic carbocycles. The molecule has 1 aliphatic heterocycles. The highest BCUT2D eigenvalue weighted by Gasteiger charge is 2.17. The molecule has 2 heterocycles. The number of nitrogens with zero attached hydrogens (tertiary/aromatic N) is 2. The Morgan fingerprint density at radius 3 is 2.93 bits per heavy atom. The van der Waals surface area contributed by atoms with Gasteiger partial charge in [0.1, 0.15) is 12.4 Å². The summed E-state index contributed by atoms with van der Waals surface area (Å²) in [5.41, 5.74) is 2.64. The van der Waals surface area contributed by atoms with Crippen LogP contribution in [0.1, 0.15) is 10.4 Å². The van der Waals surface area contributed by atoms with E-state index >= 15 is 0 Å². The third-order valence-corrected chi connectivity index (χ3v) is 5.92. The van der Waals surface area contributed by atoms with Crippen LogP contribution in [-0.4, -0.2) is 22.5 Å². The first kappa shape index (κ1) is 19.0. The first-order valence-electron chi connectivity index (χ1n) is 8.38. The van der Waals surface area contributed by atoms with Crippen molar-refractivity contribution >= 4 is 62.4 Å². The van der Waals surface area contributed by atoms with E-state index in [1.807, 2.05) is 30.3 Å². The molecule has 142 valence electrons. The Balaban J connectivity index is 1.54. The van der Waals surface area contributed by atoms with Crippen molar-refractivity contribution in [2.75, 3.05) is 6.61 Å². The van der Waals surface area contributed by atoms with Crippen LogP contribution in [0.15, 0.2) is 56.7 Å². The van der Waals surface area contributed by atoms with Gasteiger partial charge in [-0.15, -0.1) is 0 Å². The minimum atomic E-state index is -0.253. The average Bonchev–Trinajstić information content (AvgIpc) is 3.18. The molecule has 8 heteroatoms. The Morgan fingerprint density at radius 1 is 1.29 bits per heavy atom. The van der Waals surface area contributed by atoms with Crippen LogP contribution in [0.3, 0.4) is 0 Å². The number of thiazole rings is 1. The van der Waals surface area contributed by atoms with Crippen molar-refractivity contribution in [3.63, 3.8) is 0 Å². The summed E-state index contributed by atoms with van der Waals surface area (Å²) >= 11 is 10.5. The predicted molar refractivity (Wildman–Crippen MR) is 117 cm³/mol. The van der Waals surface area contributed by atoms with Crippen molar-refractivity contribution in [2.24, 2.45) is 4.99 Å². The molecule has 5 nitrogen and oxygen atoms in total. The highest BCUT2D eigenvalue weighted by atomic mass is 79.9. The number of hydrogen-bond donors (Lipinski definition) is 1. The minimum Gasteiger partial charge on any atom is -0.493 e. The molecule has 3 aromatic rings. The maximum atomic E-state index is 12.3. The molecule has 1 N–H and O–H groups in total. The number of fused-ring (bicyclic) bond motifs is 1. The lowest BCUT2D eigenvalue weighted by Gasteiger charge is -2.08. The van der Waals surface area contributed by atoms with E-state index in [1.165, 1.54) is 4.57 Å². The van der Waals surface area contributed by atoms with Gasteiger partial charge in [-0.05, 0) is 36.4 Å². The highest BCUT2D eigenvalue weighted by Crippen LogP contribution is 2.36. The molecule has 0 bridgehead atoms.